The quantitative estimate of drug-likeness (QED) is 0.166. The molecule has 0 N–H and O–H groups in total. The first-order valence-corrected chi connectivity index (χ1v) is 22.9. The van der Waals surface area contributed by atoms with E-state index in [0.717, 1.165) is 55.5 Å². The Hall–Kier alpha value is -7.72. The van der Waals surface area contributed by atoms with Crippen molar-refractivity contribution in [3.63, 3.8) is 0 Å². The summed E-state index contributed by atoms with van der Waals surface area (Å²) in [5, 5.41) is 7.18. The number of hydrogen-bond donors (Lipinski definition) is 0. The minimum atomic E-state index is -0.111. The molecule has 0 unspecified atom stereocenters. The molecule has 3 heteroatoms. The van der Waals surface area contributed by atoms with Crippen LogP contribution in [0.5, 0.6) is 0 Å². The van der Waals surface area contributed by atoms with E-state index in [1.54, 1.807) is 0 Å². The fourth-order valence-corrected chi connectivity index (χ4v) is 11.8. The number of hydrogen-bond acceptors (Lipinski definition) is 3. The van der Waals surface area contributed by atoms with Gasteiger partial charge in [0, 0.05) is 58.7 Å². The zero-order chi connectivity index (χ0) is 42.5. The molecule has 2 nitrogen and oxygen atoms in total. The lowest BCUT2D eigenvalue weighted by molar-refractivity contribution is 0.662. The van der Waals surface area contributed by atoms with Crippen molar-refractivity contribution < 1.29 is 4.42 Å². The average Bonchev–Trinajstić information content (AvgIpc) is 4.00. The van der Waals surface area contributed by atoms with Crippen LogP contribution in [0.3, 0.4) is 0 Å². The van der Waals surface area contributed by atoms with Crippen molar-refractivity contribution in [3.8, 4) is 44.5 Å². The van der Waals surface area contributed by atoms with Crippen molar-refractivity contribution in [2.75, 3.05) is 4.90 Å². The number of anilines is 3. The molecule has 302 valence electrons. The lowest BCUT2D eigenvalue weighted by atomic mass is 9.79. The van der Waals surface area contributed by atoms with E-state index in [2.05, 4.69) is 231 Å². The fraction of sp³-hybridized carbons (Fsp3) is 0.0492. The largest absolute Gasteiger partial charge is 0.455 e. The van der Waals surface area contributed by atoms with Gasteiger partial charge in [0.25, 0.3) is 0 Å². The van der Waals surface area contributed by atoms with Crippen LogP contribution in [-0.4, -0.2) is 0 Å². The normalized spacial score (nSPS) is 13.0. The van der Waals surface area contributed by atoms with E-state index in [9.17, 15) is 0 Å². The van der Waals surface area contributed by atoms with Crippen molar-refractivity contribution in [2.45, 2.75) is 19.3 Å². The Balaban J connectivity index is 0.965. The van der Waals surface area contributed by atoms with Crippen LogP contribution in [-0.2, 0) is 5.41 Å². The molecule has 0 aliphatic heterocycles. The number of thiophene rings is 1. The predicted octanol–water partition coefficient (Wildman–Crippen LogP) is 17.9. The molecule has 13 rings (SSSR count). The highest BCUT2D eigenvalue weighted by Gasteiger charge is 2.37. The predicted molar refractivity (Wildman–Crippen MR) is 273 cm³/mol. The van der Waals surface area contributed by atoms with E-state index in [1.165, 1.54) is 70.1 Å². The number of fused-ring (bicyclic) bond motifs is 11. The summed E-state index contributed by atoms with van der Waals surface area (Å²) < 4.78 is 9.34. The Bertz CT molecular complexity index is 3810. The molecule has 0 radical (unpaired) electrons. The first-order chi connectivity index (χ1) is 31.5. The highest BCUT2D eigenvalue weighted by molar-refractivity contribution is 7.25. The van der Waals surface area contributed by atoms with Crippen LogP contribution < -0.4 is 4.90 Å². The smallest absolute Gasteiger partial charge is 0.143 e. The number of para-hydroxylation sites is 1. The van der Waals surface area contributed by atoms with Crippen LogP contribution in [0.1, 0.15) is 25.0 Å². The fourth-order valence-electron chi connectivity index (χ4n) is 10.7. The van der Waals surface area contributed by atoms with Gasteiger partial charge in [0.05, 0.1) is 5.69 Å². The summed E-state index contributed by atoms with van der Waals surface area (Å²) in [7, 11) is 0. The van der Waals surface area contributed by atoms with Crippen molar-refractivity contribution >= 4 is 81.3 Å². The molecule has 1 aliphatic carbocycles. The zero-order valence-electron chi connectivity index (χ0n) is 35.5. The highest BCUT2D eigenvalue weighted by Crippen LogP contribution is 2.53. The minimum absolute atomic E-state index is 0.111. The van der Waals surface area contributed by atoms with Gasteiger partial charge in [-0.15, -0.1) is 11.3 Å². The van der Waals surface area contributed by atoms with E-state index >= 15 is 0 Å². The Kier molecular flexibility index (Phi) is 8.16. The summed E-state index contributed by atoms with van der Waals surface area (Å²) in [4.78, 5) is 2.42. The molecule has 0 fully saturated rings. The van der Waals surface area contributed by atoms with Gasteiger partial charge in [0.15, 0.2) is 0 Å². The van der Waals surface area contributed by atoms with Crippen LogP contribution in [0.15, 0.2) is 217 Å². The second kappa shape index (κ2) is 14.2. The maximum Gasteiger partial charge on any atom is 0.143 e. The molecule has 2 aromatic heterocycles. The topological polar surface area (TPSA) is 16.4 Å². The molecule has 1 aliphatic rings. The molecule has 0 spiro atoms. The lowest BCUT2D eigenvalue weighted by Gasteiger charge is -2.29. The molecule has 0 saturated heterocycles. The van der Waals surface area contributed by atoms with Crippen LogP contribution in [0.4, 0.5) is 17.1 Å². The second-order valence-corrected chi connectivity index (χ2v) is 18.7. The van der Waals surface area contributed by atoms with Gasteiger partial charge < -0.3 is 9.32 Å². The SMILES string of the molecule is CC1(C)c2ccccc2-c2cccc(-c3ccc(N(c4ccc(-c5ccc6c(c5)sc5ccccc56)cc4)c4ccccc4-c4cccc5oc6c7ccccc7ccc6c45)cc3)c21. The van der Waals surface area contributed by atoms with Crippen molar-refractivity contribution in [3.05, 3.63) is 223 Å². The second-order valence-electron chi connectivity index (χ2n) is 17.6. The van der Waals surface area contributed by atoms with E-state index in [-0.39, 0.29) is 5.41 Å². The summed E-state index contributed by atoms with van der Waals surface area (Å²) in [5.41, 5.74) is 17.6. The van der Waals surface area contributed by atoms with Crippen LogP contribution >= 0.6 is 11.3 Å². The van der Waals surface area contributed by atoms with Gasteiger partial charge in [0.1, 0.15) is 11.2 Å². The number of nitrogens with zero attached hydrogens (tertiary/aromatic N) is 1. The maximum absolute atomic E-state index is 6.71. The Morgan fingerprint density at radius 2 is 1.03 bits per heavy atom. The molecule has 0 atom stereocenters. The van der Waals surface area contributed by atoms with Crippen LogP contribution in [0.25, 0.3) is 97.4 Å². The maximum atomic E-state index is 6.71. The Morgan fingerprint density at radius 3 is 1.88 bits per heavy atom. The highest BCUT2D eigenvalue weighted by atomic mass is 32.1. The summed E-state index contributed by atoms with van der Waals surface area (Å²) in [6.45, 7) is 4.73. The summed E-state index contributed by atoms with van der Waals surface area (Å²) in [6.07, 6.45) is 0. The first kappa shape index (κ1) is 36.9. The van der Waals surface area contributed by atoms with Crippen LogP contribution in [0, 0.1) is 0 Å². The molecular formula is C61H41NOS. The third-order valence-electron chi connectivity index (χ3n) is 13.7. The lowest BCUT2D eigenvalue weighted by Crippen LogP contribution is -2.16. The van der Waals surface area contributed by atoms with Gasteiger partial charge in [-0.2, -0.15) is 0 Å². The minimum Gasteiger partial charge on any atom is -0.455 e. The Labute approximate surface area is 375 Å². The monoisotopic (exact) mass is 835 g/mol. The van der Waals surface area contributed by atoms with E-state index in [0.29, 0.717) is 0 Å². The molecular weight excluding hydrogens is 795 g/mol. The van der Waals surface area contributed by atoms with Crippen molar-refractivity contribution in [1.29, 1.82) is 0 Å². The standard InChI is InChI=1S/C61H41NOS/c1-61(2)53-21-8-5-15-46(53)51-20-11-18-44(59(51)61)40-27-33-43(34-28-40)62(42-31-25-38(26-32-42)41-30-35-49-48-17-7-10-24-56(48)64-57(49)37-41)54-22-9-6-16-47(54)50-19-12-23-55-58(50)52-36-29-39-13-3-4-14-45(39)60(52)63-55/h3-37H,1-2H3. The molecule has 10 aromatic carbocycles. The summed E-state index contributed by atoms with van der Waals surface area (Å²) in [6, 6.07) is 77.8. The van der Waals surface area contributed by atoms with E-state index in [1.807, 2.05) is 11.3 Å². The van der Waals surface area contributed by atoms with Gasteiger partial charge >= 0.3 is 0 Å². The van der Waals surface area contributed by atoms with E-state index < -0.39 is 0 Å². The van der Waals surface area contributed by atoms with Gasteiger partial charge in [-0.05, 0) is 110 Å². The zero-order valence-corrected chi connectivity index (χ0v) is 36.3. The first-order valence-electron chi connectivity index (χ1n) is 22.1. The van der Waals surface area contributed by atoms with Gasteiger partial charge in [-0.3, -0.25) is 0 Å². The third kappa shape index (κ3) is 5.57. The number of rotatable bonds is 6. The van der Waals surface area contributed by atoms with Gasteiger partial charge in [-0.1, -0.05) is 172 Å². The summed E-state index contributed by atoms with van der Waals surface area (Å²) >= 11 is 1.86. The average molecular weight is 836 g/mol. The molecule has 0 saturated carbocycles. The molecule has 12 aromatic rings. The van der Waals surface area contributed by atoms with E-state index in [4.69, 9.17) is 4.42 Å². The molecule has 2 heterocycles. The van der Waals surface area contributed by atoms with Gasteiger partial charge in [-0.25, -0.2) is 0 Å². The van der Waals surface area contributed by atoms with Crippen molar-refractivity contribution in [1.82, 2.24) is 0 Å². The van der Waals surface area contributed by atoms with Crippen molar-refractivity contribution in [2.24, 2.45) is 0 Å². The Morgan fingerprint density at radius 1 is 0.422 bits per heavy atom. The van der Waals surface area contributed by atoms with Crippen LogP contribution in [0.2, 0.25) is 0 Å². The molecule has 0 amide bonds. The molecule has 0 bridgehead atoms. The summed E-state index contributed by atoms with van der Waals surface area (Å²) in [5.74, 6) is 0. The number of furan rings is 1. The van der Waals surface area contributed by atoms with Gasteiger partial charge in [0.2, 0.25) is 0 Å². The number of benzene rings is 10. The third-order valence-corrected chi connectivity index (χ3v) is 14.8. The molecule has 64 heavy (non-hydrogen) atoms.